The highest BCUT2D eigenvalue weighted by Crippen LogP contribution is 2.51. The van der Waals surface area contributed by atoms with E-state index in [2.05, 4.69) is 5.32 Å². The van der Waals surface area contributed by atoms with Crippen LogP contribution in [0.15, 0.2) is 36.4 Å². The summed E-state index contributed by atoms with van der Waals surface area (Å²) in [5.41, 5.74) is 2.24. The Morgan fingerprint density at radius 3 is 2.56 bits per heavy atom. The molecule has 1 amide bonds. The van der Waals surface area contributed by atoms with E-state index in [4.69, 9.17) is 16.3 Å². The van der Waals surface area contributed by atoms with Crippen molar-refractivity contribution in [1.82, 2.24) is 5.32 Å². The predicted octanol–water partition coefficient (Wildman–Crippen LogP) is 5.59. The number of alkyl halides is 3. The molecule has 1 unspecified atom stereocenters. The van der Waals surface area contributed by atoms with Crippen molar-refractivity contribution in [3.05, 3.63) is 58.1 Å². The first kappa shape index (κ1) is 24.3. The van der Waals surface area contributed by atoms with Gasteiger partial charge in [0.2, 0.25) is 11.7 Å². The average molecular weight is 494 g/mol. The summed E-state index contributed by atoms with van der Waals surface area (Å²) in [7, 11) is 1.28. The minimum atomic E-state index is -4.94. The first-order valence-electron chi connectivity index (χ1n) is 11.0. The molecule has 0 aliphatic heterocycles. The van der Waals surface area contributed by atoms with Gasteiger partial charge in [0.15, 0.2) is 0 Å². The molecule has 2 aliphatic rings. The Morgan fingerprint density at radius 2 is 1.91 bits per heavy atom. The number of aryl methyl sites for hydroxylation is 1. The smallest absolute Gasteiger partial charge is 0.450 e. The number of benzene rings is 2. The number of nitrogens with one attached hydrogen (secondary N) is 1. The van der Waals surface area contributed by atoms with Gasteiger partial charge in [-0.25, -0.2) is 4.79 Å². The normalized spacial score (nSPS) is 18.6. The molecule has 4 rings (SSSR count). The number of ether oxygens (including phenoxy) is 1. The lowest BCUT2D eigenvalue weighted by Crippen LogP contribution is -2.39. The molecule has 0 aromatic heterocycles. The molecule has 34 heavy (non-hydrogen) atoms. The summed E-state index contributed by atoms with van der Waals surface area (Å²) in [4.78, 5) is 36.6. The van der Waals surface area contributed by atoms with E-state index < -0.39 is 35.7 Å². The third-order valence-corrected chi connectivity index (χ3v) is 6.94. The molecule has 1 fully saturated rings. The zero-order chi connectivity index (χ0) is 24.7. The van der Waals surface area contributed by atoms with Gasteiger partial charge in [0.25, 0.3) is 0 Å². The fraction of sp³-hybridized carbons (Fsp3) is 0.400. The van der Waals surface area contributed by atoms with Gasteiger partial charge in [0.1, 0.15) is 0 Å². The van der Waals surface area contributed by atoms with Crippen molar-refractivity contribution in [1.29, 1.82) is 0 Å². The topological polar surface area (TPSA) is 72.5 Å². The predicted molar refractivity (Wildman–Crippen MR) is 119 cm³/mol. The van der Waals surface area contributed by atoms with Crippen LogP contribution in [0.2, 0.25) is 5.02 Å². The Kier molecular flexibility index (Phi) is 6.46. The molecule has 1 N–H and O–H groups in total. The van der Waals surface area contributed by atoms with Gasteiger partial charge in [0.05, 0.1) is 29.2 Å². The van der Waals surface area contributed by atoms with Crippen LogP contribution in [0.1, 0.15) is 59.6 Å². The Hall–Kier alpha value is -2.87. The molecule has 2 aromatic rings. The van der Waals surface area contributed by atoms with Gasteiger partial charge in [-0.15, -0.1) is 0 Å². The van der Waals surface area contributed by atoms with E-state index in [1.807, 2.05) is 18.2 Å². The standard InChI is InChI=1S/C25H23ClF3NO4/c1-34-22(32)21-17(5-3-6-18(21)26)15-8-9-16-14(12-15)4-2-7-19(16)30-23(33)24(10-11-24)13-20(31)25(27,28)29/h3,5-6,8-9,12,19H,2,4,7,10-11,13H2,1H3,(H,30,33). The van der Waals surface area contributed by atoms with Gasteiger partial charge in [-0.2, -0.15) is 13.2 Å². The molecule has 0 spiro atoms. The molecule has 180 valence electrons. The second-order valence-electron chi connectivity index (χ2n) is 8.86. The largest absolute Gasteiger partial charge is 0.465 e. The molecular weight excluding hydrogens is 471 g/mol. The quantitative estimate of drug-likeness (QED) is 0.532. The van der Waals surface area contributed by atoms with Gasteiger partial charge in [-0.05, 0) is 60.4 Å². The number of rotatable bonds is 6. The van der Waals surface area contributed by atoms with Gasteiger partial charge in [0, 0.05) is 6.42 Å². The first-order chi connectivity index (χ1) is 16.1. The van der Waals surface area contributed by atoms with Crippen molar-refractivity contribution < 1.29 is 32.3 Å². The first-order valence-corrected chi connectivity index (χ1v) is 11.3. The summed E-state index contributed by atoms with van der Waals surface area (Å²) in [6.45, 7) is 0. The van der Waals surface area contributed by atoms with Crippen LogP contribution in [-0.4, -0.2) is 30.9 Å². The fourth-order valence-electron chi connectivity index (χ4n) is 4.56. The maximum absolute atomic E-state index is 12.8. The summed E-state index contributed by atoms with van der Waals surface area (Å²) in [5.74, 6) is -2.92. The van der Waals surface area contributed by atoms with E-state index in [-0.39, 0.29) is 29.5 Å². The fourth-order valence-corrected chi connectivity index (χ4v) is 4.81. The van der Waals surface area contributed by atoms with Crippen LogP contribution in [0.4, 0.5) is 13.2 Å². The highest BCUT2D eigenvalue weighted by molar-refractivity contribution is 6.34. The zero-order valence-electron chi connectivity index (χ0n) is 18.4. The number of hydrogen-bond acceptors (Lipinski definition) is 4. The Labute approximate surface area is 199 Å². The molecule has 0 heterocycles. The van der Waals surface area contributed by atoms with E-state index in [1.165, 1.54) is 7.11 Å². The van der Waals surface area contributed by atoms with E-state index in [1.54, 1.807) is 18.2 Å². The van der Waals surface area contributed by atoms with Crippen molar-refractivity contribution in [3.8, 4) is 11.1 Å². The van der Waals surface area contributed by atoms with Crippen LogP contribution in [0.5, 0.6) is 0 Å². The van der Waals surface area contributed by atoms with Crippen molar-refractivity contribution >= 4 is 29.3 Å². The maximum atomic E-state index is 12.8. The lowest BCUT2D eigenvalue weighted by Gasteiger charge is -2.29. The zero-order valence-corrected chi connectivity index (χ0v) is 19.2. The third kappa shape index (κ3) is 4.69. The molecule has 5 nitrogen and oxygen atoms in total. The number of Topliss-reactive ketones (excluding diaryl/α,β-unsaturated/α-hetero) is 1. The third-order valence-electron chi connectivity index (χ3n) is 6.63. The number of amides is 1. The minimum Gasteiger partial charge on any atom is -0.465 e. The summed E-state index contributed by atoms with van der Waals surface area (Å²) >= 11 is 6.25. The van der Waals surface area contributed by atoms with Crippen molar-refractivity contribution in [3.63, 3.8) is 0 Å². The summed E-state index contributed by atoms with van der Waals surface area (Å²) in [6.07, 6.45) is -3.05. The van der Waals surface area contributed by atoms with Gasteiger partial charge in [-0.1, -0.05) is 41.9 Å². The van der Waals surface area contributed by atoms with E-state index in [0.29, 0.717) is 12.0 Å². The monoisotopic (exact) mass is 493 g/mol. The summed E-state index contributed by atoms with van der Waals surface area (Å²) in [5, 5.41) is 3.16. The van der Waals surface area contributed by atoms with Crippen LogP contribution in [0.25, 0.3) is 11.1 Å². The van der Waals surface area contributed by atoms with Crippen LogP contribution in [-0.2, 0) is 20.7 Å². The van der Waals surface area contributed by atoms with E-state index >= 15 is 0 Å². The van der Waals surface area contributed by atoms with E-state index in [0.717, 1.165) is 29.5 Å². The molecule has 9 heteroatoms. The molecule has 1 saturated carbocycles. The number of carbonyl (C=O) groups is 3. The number of methoxy groups -OCH3 is 1. The minimum absolute atomic E-state index is 0.261. The summed E-state index contributed by atoms with van der Waals surface area (Å²) < 4.78 is 43.0. The molecule has 2 aliphatic carbocycles. The van der Waals surface area contributed by atoms with Crippen LogP contribution >= 0.6 is 11.6 Å². The SMILES string of the molecule is COC(=O)c1c(Cl)cccc1-c1ccc2c(c1)CCCC2NC(=O)C1(CC(=O)C(F)(F)F)CC1. The molecular formula is C25H23ClF3NO4. The molecule has 0 saturated heterocycles. The number of fused-ring (bicyclic) bond motifs is 1. The summed E-state index contributed by atoms with van der Waals surface area (Å²) in [6, 6.07) is 10.4. The molecule has 1 atom stereocenters. The van der Waals surface area contributed by atoms with Crippen LogP contribution in [0.3, 0.4) is 0 Å². The molecule has 2 aromatic carbocycles. The van der Waals surface area contributed by atoms with Crippen molar-refractivity contribution in [2.45, 2.75) is 50.7 Å². The maximum Gasteiger partial charge on any atom is 0.450 e. The number of ketones is 1. The number of esters is 1. The van der Waals surface area contributed by atoms with Gasteiger partial charge in [-0.3, -0.25) is 9.59 Å². The number of hydrogen-bond donors (Lipinski definition) is 1. The Bertz CT molecular complexity index is 1160. The second-order valence-corrected chi connectivity index (χ2v) is 9.27. The number of halogens is 4. The second kappa shape index (κ2) is 9.06. The lowest BCUT2D eigenvalue weighted by atomic mass is 9.84. The highest BCUT2D eigenvalue weighted by atomic mass is 35.5. The van der Waals surface area contributed by atoms with Crippen molar-refractivity contribution in [2.75, 3.05) is 7.11 Å². The Balaban J connectivity index is 1.57. The van der Waals surface area contributed by atoms with Crippen LogP contribution in [0, 0.1) is 5.41 Å². The van der Waals surface area contributed by atoms with Gasteiger partial charge >= 0.3 is 12.1 Å². The molecule has 0 radical (unpaired) electrons. The highest BCUT2D eigenvalue weighted by Gasteiger charge is 2.55. The number of carbonyl (C=O) groups excluding carboxylic acids is 3. The van der Waals surface area contributed by atoms with Gasteiger partial charge < -0.3 is 10.1 Å². The van der Waals surface area contributed by atoms with E-state index in [9.17, 15) is 27.6 Å². The lowest BCUT2D eigenvalue weighted by molar-refractivity contribution is -0.173. The van der Waals surface area contributed by atoms with Crippen molar-refractivity contribution in [2.24, 2.45) is 5.41 Å². The molecule has 0 bridgehead atoms. The Morgan fingerprint density at radius 1 is 1.18 bits per heavy atom. The van der Waals surface area contributed by atoms with Crippen LogP contribution < -0.4 is 5.32 Å². The average Bonchev–Trinajstić information content (AvgIpc) is 3.58.